The summed E-state index contributed by atoms with van der Waals surface area (Å²) in [6.07, 6.45) is 4.47. The van der Waals surface area contributed by atoms with E-state index in [1.54, 1.807) is 0 Å². The van der Waals surface area contributed by atoms with Crippen LogP contribution in [0.4, 0.5) is 0 Å². The molecule has 1 fully saturated rings. The van der Waals surface area contributed by atoms with Crippen molar-refractivity contribution < 1.29 is 4.42 Å². The minimum absolute atomic E-state index is 0. The Morgan fingerprint density at radius 3 is 2.74 bits per heavy atom. The molecule has 0 radical (unpaired) electrons. The third-order valence-electron chi connectivity index (χ3n) is 4.89. The van der Waals surface area contributed by atoms with Gasteiger partial charge in [0.1, 0.15) is 12.3 Å². The van der Waals surface area contributed by atoms with E-state index in [4.69, 9.17) is 4.42 Å². The summed E-state index contributed by atoms with van der Waals surface area (Å²) in [5.74, 6) is 3.17. The van der Waals surface area contributed by atoms with Crippen LogP contribution >= 0.6 is 24.0 Å². The van der Waals surface area contributed by atoms with Gasteiger partial charge >= 0.3 is 0 Å². The first-order valence-electron chi connectivity index (χ1n) is 10.0. The summed E-state index contributed by atoms with van der Waals surface area (Å²) >= 11 is 0. The number of hydrogen-bond donors (Lipinski definition) is 2. The quantitative estimate of drug-likeness (QED) is 0.361. The molecule has 2 rings (SSSR count). The Kier molecular flexibility index (Phi) is 10.1. The van der Waals surface area contributed by atoms with Crippen LogP contribution in [0, 0.1) is 5.92 Å². The molecule has 2 unspecified atom stereocenters. The second-order valence-electron chi connectivity index (χ2n) is 8.54. The predicted molar refractivity (Wildman–Crippen MR) is 123 cm³/mol. The van der Waals surface area contributed by atoms with Crippen molar-refractivity contribution in [2.24, 2.45) is 10.9 Å². The van der Waals surface area contributed by atoms with Gasteiger partial charge in [0.15, 0.2) is 5.96 Å². The lowest BCUT2D eigenvalue weighted by molar-refractivity contribution is 0.139. The molecule has 0 saturated carbocycles. The van der Waals surface area contributed by atoms with E-state index in [0.717, 1.165) is 30.7 Å². The lowest BCUT2D eigenvalue weighted by Crippen LogP contribution is -2.48. The van der Waals surface area contributed by atoms with Gasteiger partial charge in [0.2, 0.25) is 5.89 Å². The number of rotatable bonds is 6. The molecule has 1 saturated heterocycles. The Balaban J connectivity index is 0.00000364. The molecule has 0 aromatic carbocycles. The van der Waals surface area contributed by atoms with Crippen LogP contribution in [0.2, 0.25) is 0 Å². The number of nitrogens with zero attached hydrogens (tertiary/aromatic N) is 3. The largest absolute Gasteiger partial charge is 0.443 e. The molecule has 0 amide bonds. The predicted octanol–water partition coefficient (Wildman–Crippen LogP) is 3.77. The molecule has 156 valence electrons. The molecule has 2 atom stereocenters. The number of nitrogens with one attached hydrogen (secondary N) is 2. The normalized spacial score (nSPS) is 20.1. The third-order valence-corrected chi connectivity index (χ3v) is 4.89. The Labute approximate surface area is 182 Å². The van der Waals surface area contributed by atoms with E-state index in [1.165, 1.54) is 25.9 Å². The zero-order valence-corrected chi connectivity index (χ0v) is 20.2. The first-order valence-corrected chi connectivity index (χ1v) is 10.0. The average molecular weight is 491 g/mol. The summed E-state index contributed by atoms with van der Waals surface area (Å²) in [6, 6.07) is 0.496. The van der Waals surface area contributed by atoms with Crippen molar-refractivity contribution in [2.45, 2.75) is 72.4 Å². The zero-order valence-electron chi connectivity index (χ0n) is 17.8. The van der Waals surface area contributed by atoms with Crippen LogP contribution < -0.4 is 10.6 Å². The number of hydrogen-bond acceptors (Lipinski definition) is 4. The molecule has 7 heteroatoms. The monoisotopic (exact) mass is 491 g/mol. The van der Waals surface area contributed by atoms with E-state index < -0.39 is 0 Å². The standard InChI is InChI=1S/C20H37N5O.HI/c1-7-21-19(23-11-16(3)25-10-8-9-15(2)14-25)24-13-18-22-12-17(26-18)20(4,5)6;/h12,15-16H,7-11,13-14H2,1-6H3,(H2,21,23,24);1H. The van der Waals surface area contributed by atoms with Crippen molar-refractivity contribution in [3.05, 3.63) is 17.8 Å². The SMILES string of the molecule is CCNC(=NCc1ncc(C(C)(C)C)o1)NCC(C)N1CCCC(C)C1.I. The Morgan fingerprint density at radius 1 is 1.41 bits per heavy atom. The highest BCUT2D eigenvalue weighted by Gasteiger charge is 2.21. The third kappa shape index (κ3) is 7.97. The van der Waals surface area contributed by atoms with Crippen LogP contribution in [0.25, 0.3) is 0 Å². The average Bonchev–Trinajstić information content (AvgIpc) is 3.06. The second-order valence-corrected chi connectivity index (χ2v) is 8.54. The minimum Gasteiger partial charge on any atom is -0.443 e. The van der Waals surface area contributed by atoms with Gasteiger partial charge in [-0.3, -0.25) is 4.90 Å². The number of halogens is 1. The van der Waals surface area contributed by atoms with E-state index >= 15 is 0 Å². The molecular weight excluding hydrogens is 453 g/mol. The summed E-state index contributed by atoms with van der Waals surface area (Å²) in [4.78, 5) is 11.6. The number of aliphatic imine (C=N–C) groups is 1. The van der Waals surface area contributed by atoms with E-state index in [1.807, 2.05) is 6.20 Å². The lowest BCUT2D eigenvalue weighted by Gasteiger charge is -2.35. The van der Waals surface area contributed by atoms with Crippen LogP contribution in [0.15, 0.2) is 15.6 Å². The van der Waals surface area contributed by atoms with E-state index in [-0.39, 0.29) is 29.4 Å². The summed E-state index contributed by atoms with van der Waals surface area (Å²) in [5.41, 5.74) is -0.0290. The molecular formula is C20H38IN5O. The number of guanidine groups is 1. The number of oxazole rings is 1. The van der Waals surface area contributed by atoms with Gasteiger partial charge in [-0.05, 0) is 39.2 Å². The minimum atomic E-state index is -0.0290. The van der Waals surface area contributed by atoms with Gasteiger partial charge in [0.25, 0.3) is 0 Å². The molecule has 1 aliphatic rings. The highest BCUT2D eigenvalue weighted by Crippen LogP contribution is 2.22. The van der Waals surface area contributed by atoms with Gasteiger partial charge in [-0.15, -0.1) is 24.0 Å². The van der Waals surface area contributed by atoms with E-state index in [2.05, 4.69) is 67.1 Å². The molecule has 2 N–H and O–H groups in total. The molecule has 0 aliphatic carbocycles. The van der Waals surface area contributed by atoms with E-state index in [0.29, 0.717) is 18.5 Å². The fourth-order valence-electron chi connectivity index (χ4n) is 3.22. The van der Waals surface area contributed by atoms with Crippen LogP contribution in [-0.2, 0) is 12.0 Å². The summed E-state index contributed by atoms with van der Waals surface area (Å²) < 4.78 is 5.83. The highest BCUT2D eigenvalue weighted by molar-refractivity contribution is 14.0. The molecule has 0 bridgehead atoms. The first-order chi connectivity index (χ1) is 12.3. The topological polar surface area (TPSA) is 65.7 Å². The van der Waals surface area contributed by atoms with Crippen molar-refractivity contribution in [1.29, 1.82) is 0 Å². The van der Waals surface area contributed by atoms with Crippen molar-refractivity contribution in [3.8, 4) is 0 Å². The molecule has 1 aromatic heterocycles. The maximum absolute atomic E-state index is 5.83. The van der Waals surface area contributed by atoms with Crippen molar-refractivity contribution in [1.82, 2.24) is 20.5 Å². The van der Waals surface area contributed by atoms with Gasteiger partial charge in [-0.2, -0.15) is 0 Å². The van der Waals surface area contributed by atoms with Crippen LogP contribution in [0.1, 0.15) is 66.0 Å². The summed E-state index contributed by atoms with van der Waals surface area (Å²) in [5, 5.41) is 6.78. The van der Waals surface area contributed by atoms with Crippen LogP contribution in [0.5, 0.6) is 0 Å². The van der Waals surface area contributed by atoms with Crippen LogP contribution in [-0.4, -0.2) is 48.1 Å². The Hall–Kier alpha value is -0.830. The first kappa shape index (κ1) is 24.2. The molecule has 0 spiro atoms. The molecule has 2 heterocycles. The maximum Gasteiger partial charge on any atom is 0.216 e. The second kappa shape index (κ2) is 11.2. The Bertz CT molecular complexity index is 581. The number of likely N-dealkylation sites (tertiary alicyclic amines) is 1. The fraction of sp³-hybridized carbons (Fsp3) is 0.800. The van der Waals surface area contributed by atoms with Gasteiger partial charge in [-0.25, -0.2) is 9.98 Å². The van der Waals surface area contributed by atoms with E-state index in [9.17, 15) is 0 Å². The fourth-order valence-corrected chi connectivity index (χ4v) is 3.22. The zero-order chi connectivity index (χ0) is 19.2. The maximum atomic E-state index is 5.83. The molecule has 1 aliphatic heterocycles. The summed E-state index contributed by atoms with van der Waals surface area (Å²) in [7, 11) is 0. The van der Waals surface area contributed by atoms with Crippen molar-refractivity contribution in [3.63, 3.8) is 0 Å². The van der Waals surface area contributed by atoms with Crippen molar-refractivity contribution >= 4 is 29.9 Å². The van der Waals surface area contributed by atoms with Gasteiger partial charge in [-0.1, -0.05) is 27.7 Å². The van der Waals surface area contributed by atoms with Gasteiger partial charge in [0, 0.05) is 31.1 Å². The molecule has 6 nitrogen and oxygen atoms in total. The van der Waals surface area contributed by atoms with Crippen LogP contribution in [0.3, 0.4) is 0 Å². The highest BCUT2D eigenvalue weighted by atomic mass is 127. The molecule has 1 aromatic rings. The number of piperidine rings is 1. The van der Waals surface area contributed by atoms with Gasteiger partial charge in [0.05, 0.1) is 6.20 Å². The number of aromatic nitrogens is 1. The molecule has 27 heavy (non-hydrogen) atoms. The van der Waals surface area contributed by atoms with Crippen molar-refractivity contribution in [2.75, 3.05) is 26.2 Å². The summed E-state index contributed by atoms with van der Waals surface area (Å²) in [6.45, 7) is 17.6. The Morgan fingerprint density at radius 2 is 2.15 bits per heavy atom. The lowest BCUT2D eigenvalue weighted by atomic mass is 9.94. The smallest absolute Gasteiger partial charge is 0.216 e. The van der Waals surface area contributed by atoms with Gasteiger partial charge < -0.3 is 15.1 Å².